The molecule has 0 bridgehead atoms. The number of sulfonamides is 1. The second-order valence-electron chi connectivity index (χ2n) is 8.29. The zero-order chi connectivity index (χ0) is 24.9. The molecule has 0 amide bonds. The van der Waals surface area contributed by atoms with Gasteiger partial charge in [-0.05, 0) is 78.9 Å². The number of hydrogen-bond acceptors (Lipinski definition) is 6. The van der Waals surface area contributed by atoms with Gasteiger partial charge in [-0.3, -0.25) is 0 Å². The van der Waals surface area contributed by atoms with Gasteiger partial charge in [0.1, 0.15) is 6.07 Å². The SMILES string of the molecule is CCN(CC)c1ccc2cc(-c3ccc(/C(C)=C(\C#N)S(=O)(=O)NCC(C)CO)s3)ccc2c1. The number of aliphatic hydroxyl groups is 1. The van der Waals surface area contributed by atoms with Gasteiger partial charge < -0.3 is 10.0 Å². The van der Waals surface area contributed by atoms with E-state index in [1.807, 2.05) is 18.2 Å². The highest BCUT2D eigenvalue weighted by Gasteiger charge is 2.22. The highest BCUT2D eigenvalue weighted by atomic mass is 32.2. The Morgan fingerprint density at radius 2 is 1.79 bits per heavy atom. The Kier molecular flexibility index (Phi) is 8.50. The normalized spacial score (nSPS) is 13.4. The number of thiophene rings is 1. The van der Waals surface area contributed by atoms with Crippen LogP contribution >= 0.6 is 11.3 Å². The number of nitrogens with zero attached hydrogens (tertiary/aromatic N) is 2. The molecule has 34 heavy (non-hydrogen) atoms. The van der Waals surface area contributed by atoms with E-state index in [0.717, 1.165) is 33.8 Å². The lowest BCUT2D eigenvalue weighted by Gasteiger charge is -2.21. The van der Waals surface area contributed by atoms with Crippen LogP contribution in [-0.4, -0.2) is 39.8 Å². The summed E-state index contributed by atoms with van der Waals surface area (Å²) in [5, 5.41) is 21.0. The molecule has 0 saturated carbocycles. The molecule has 1 heterocycles. The number of nitriles is 1. The predicted octanol–water partition coefficient (Wildman–Crippen LogP) is 5.22. The van der Waals surface area contributed by atoms with Crippen molar-refractivity contribution in [2.45, 2.75) is 27.7 Å². The molecule has 1 aromatic heterocycles. The molecule has 2 aromatic carbocycles. The van der Waals surface area contributed by atoms with Gasteiger partial charge in [-0.1, -0.05) is 25.1 Å². The highest BCUT2D eigenvalue weighted by molar-refractivity contribution is 7.93. The van der Waals surface area contributed by atoms with Gasteiger partial charge in [-0.15, -0.1) is 11.3 Å². The number of anilines is 1. The second-order valence-corrected chi connectivity index (χ2v) is 11.1. The maximum Gasteiger partial charge on any atom is 0.251 e. The summed E-state index contributed by atoms with van der Waals surface area (Å²) in [4.78, 5) is 3.74. The first kappa shape index (κ1) is 25.9. The molecule has 0 spiro atoms. The lowest BCUT2D eigenvalue weighted by Crippen LogP contribution is -2.30. The smallest absolute Gasteiger partial charge is 0.251 e. The van der Waals surface area contributed by atoms with Crippen molar-refractivity contribution in [3.8, 4) is 16.5 Å². The van der Waals surface area contributed by atoms with Gasteiger partial charge in [0.05, 0.1) is 0 Å². The third kappa shape index (κ3) is 5.68. The van der Waals surface area contributed by atoms with Crippen molar-refractivity contribution in [2.75, 3.05) is 31.1 Å². The second kappa shape index (κ2) is 11.2. The van der Waals surface area contributed by atoms with E-state index >= 15 is 0 Å². The van der Waals surface area contributed by atoms with E-state index in [-0.39, 0.29) is 24.0 Å². The van der Waals surface area contributed by atoms with Crippen molar-refractivity contribution in [1.82, 2.24) is 4.72 Å². The lowest BCUT2D eigenvalue weighted by molar-refractivity contribution is 0.239. The van der Waals surface area contributed by atoms with Crippen LogP contribution in [-0.2, 0) is 10.0 Å². The third-order valence-corrected chi connectivity index (χ3v) is 8.59. The number of allylic oxidation sites excluding steroid dienone is 2. The van der Waals surface area contributed by atoms with Gasteiger partial charge in [0.15, 0.2) is 4.91 Å². The van der Waals surface area contributed by atoms with Crippen LogP contribution in [0.5, 0.6) is 0 Å². The van der Waals surface area contributed by atoms with Crippen LogP contribution in [0.15, 0.2) is 53.4 Å². The van der Waals surface area contributed by atoms with E-state index in [2.05, 4.69) is 59.9 Å². The van der Waals surface area contributed by atoms with Gasteiger partial charge in [0.25, 0.3) is 10.0 Å². The van der Waals surface area contributed by atoms with Gasteiger partial charge in [-0.25, -0.2) is 13.1 Å². The first-order valence-electron chi connectivity index (χ1n) is 11.3. The predicted molar refractivity (Wildman–Crippen MR) is 142 cm³/mol. The van der Waals surface area contributed by atoms with Crippen molar-refractivity contribution >= 4 is 43.4 Å². The molecule has 2 N–H and O–H groups in total. The van der Waals surface area contributed by atoms with Crippen LogP contribution in [0.25, 0.3) is 26.8 Å². The summed E-state index contributed by atoms with van der Waals surface area (Å²) in [7, 11) is -3.96. The largest absolute Gasteiger partial charge is 0.396 e. The molecule has 3 rings (SSSR count). The fourth-order valence-corrected chi connectivity index (χ4v) is 6.07. The van der Waals surface area contributed by atoms with E-state index in [1.165, 1.54) is 22.4 Å². The van der Waals surface area contributed by atoms with Crippen LogP contribution in [0.1, 0.15) is 32.6 Å². The molecule has 0 saturated heterocycles. The summed E-state index contributed by atoms with van der Waals surface area (Å²) in [5.41, 5.74) is 2.66. The summed E-state index contributed by atoms with van der Waals surface area (Å²) < 4.78 is 27.8. The molecule has 8 heteroatoms. The first-order chi connectivity index (χ1) is 16.2. The van der Waals surface area contributed by atoms with Crippen molar-refractivity contribution < 1.29 is 13.5 Å². The third-order valence-electron chi connectivity index (χ3n) is 5.86. The zero-order valence-corrected chi connectivity index (χ0v) is 21.6. The standard InChI is InChI=1S/C26H31N3O3S2/c1-5-29(6-2)23-10-9-20-13-22(8-7-21(20)14-23)25-12-11-24(33-25)19(4)26(15-27)34(31,32)28-16-18(3)17-30/h7-14,18,28,30H,5-6,16-17H2,1-4H3/b26-19+. The molecule has 0 aliphatic rings. The molecular formula is C26H31N3O3S2. The van der Waals surface area contributed by atoms with E-state index in [1.54, 1.807) is 13.8 Å². The van der Waals surface area contributed by atoms with E-state index in [9.17, 15) is 13.7 Å². The lowest BCUT2D eigenvalue weighted by atomic mass is 10.0. The molecule has 6 nitrogen and oxygen atoms in total. The van der Waals surface area contributed by atoms with Crippen LogP contribution in [0.4, 0.5) is 5.69 Å². The minimum Gasteiger partial charge on any atom is -0.396 e. The number of benzene rings is 2. The molecule has 0 aliphatic heterocycles. The molecule has 0 fully saturated rings. The van der Waals surface area contributed by atoms with E-state index in [4.69, 9.17) is 5.11 Å². The zero-order valence-electron chi connectivity index (χ0n) is 20.0. The summed E-state index contributed by atoms with van der Waals surface area (Å²) in [6, 6.07) is 18.4. The van der Waals surface area contributed by atoms with Crippen molar-refractivity contribution in [3.05, 3.63) is 58.3 Å². The van der Waals surface area contributed by atoms with Gasteiger partial charge >= 0.3 is 0 Å². The van der Waals surface area contributed by atoms with Crippen molar-refractivity contribution in [2.24, 2.45) is 5.92 Å². The molecular weight excluding hydrogens is 466 g/mol. The Balaban J connectivity index is 1.91. The Bertz CT molecular complexity index is 1330. The average Bonchev–Trinajstić information content (AvgIpc) is 3.33. The number of fused-ring (bicyclic) bond motifs is 1. The Labute approximate surface area is 206 Å². The maximum atomic E-state index is 12.7. The average molecular weight is 498 g/mol. The Morgan fingerprint density at radius 3 is 2.44 bits per heavy atom. The summed E-state index contributed by atoms with van der Waals surface area (Å²) >= 11 is 1.46. The Morgan fingerprint density at radius 1 is 1.12 bits per heavy atom. The molecule has 0 aliphatic carbocycles. The minimum absolute atomic E-state index is 0.0695. The van der Waals surface area contributed by atoms with Gasteiger partial charge in [0.2, 0.25) is 0 Å². The molecule has 1 atom stereocenters. The molecule has 180 valence electrons. The number of hydrogen-bond donors (Lipinski definition) is 2. The minimum atomic E-state index is -3.96. The van der Waals surface area contributed by atoms with Crippen LogP contribution in [0.2, 0.25) is 0 Å². The highest BCUT2D eigenvalue weighted by Crippen LogP contribution is 2.35. The van der Waals surface area contributed by atoms with Crippen LogP contribution in [0.3, 0.4) is 0 Å². The molecule has 1 unspecified atom stereocenters. The topological polar surface area (TPSA) is 93.4 Å². The summed E-state index contributed by atoms with van der Waals surface area (Å²) in [6.45, 7) is 9.53. The van der Waals surface area contributed by atoms with Crippen molar-refractivity contribution in [1.29, 1.82) is 5.26 Å². The Hall–Kier alpha value is -2.70. The number of aliphatic hydroxyl groups excluding tert-OH is 1. The fourth-order valence-electron chi connectivity index (χ4n) is 3.71. The monoisotopic (exact) mass is 497 g/mol. The van der Waals surface area contributed by atoms with Crippen LogP contribution < -0.4 is 9.62 Å². The van der Waals surface area contributed by atoms with Gasteiger partial charge in [-0.2, -0.15) is 5.26 Å². The summed E-state index contributed by atoms with van der Waals surface area (Å²) in [6.07, 6.45) is 0. The maximum absolute atomic E-state index is 12.7. The molecule has 3 aromatic rings. The quantitative estimate of drug-likeness (QED) is 0.375. The summed E-state index contributed by atoms with van der Waals surface area (Å²) in [5.74, 6) is -0.237. The number of nitrogens with one attached hydrogen (secondary N) is 1. The number of rotatable bonds is 10. The fraction of sp³-hybridized carbons (Fsp3) is 0.346. The first-order valence-corrected chi connectivity index (χ1v) is 13.6. The van der Waals surface area contributed by atoms with E-state index < -0.39 is 10.0 Å². The van der Waals surface area contributed by atoms with Crippen LogP contribution in [0, 0.1) is 17.2 Å². The van der Waals surface area contributed by atoms with E-state index in [0.29, 0.717) is 5.57 Å². The van der Waals surface area contributed by atoms with Gasteiger partial charge in [0, 0.05) is 41.7 Å². The van der Waals surface area contributed by atoms with Crippen molar-refractivity contribution in [3.63, 3.8) is 0 Å². The molecule has 0 radical (unpaired) electrons.